The normalized spacial score (nSPS) is 13.6. The van der Waals surface area contributed by atoms with E-state index in [2.05, 4.69) is 13.8 Å². The molecule has 0 bridgehead atoms. The predicted octanol–water partition coefficient (Wildman–Crippen LogP) is 2.23. The van der Waals surface area contributed by atoms with Crippen LogP contribution in [-0.4, -0.2) is 45.8 Å². The van der Waals surface area contributed by atoms with E-state index in [4.69, 9.17) is 20.4 Å². The van der Waals surface area contributed by atoms with Crippen molar-refractivity contribution < 1.29 is 20.4 Å². The molecule has 0 rings (SSSR count). The van der Waals surface area contributed by atoms with Crippen LogP contribution in [0.3, 0.4) is 0 Å². The van der Waals surface area contributed by atoms with E-state index < -0.39 is 12.2 Å². The second-order valence-electron chi connectivity index (χ2n) is 5.02. The molecule has 0 aliphatic carbocycles. The Morgan fingerprint density at radius 2 is 1.00 bits per heavy atom. The summed E-state index contributed by atoms with van der Waals surface area (Å²) in [6.45, 7) is 4.09. The molecule has 0 aromatic heterocycles. The smallest absolute Gasteiger partial charge is 0.0770 e. The Balaban J connectivity index is 0. The number of aliphatic hydroxyl groups excluding tert-OH is 4. The van der Waals surface area contributed by atoms with Gasteiger partial charge in [0.15, 0.2) is 0 Å². The zero-order valence-corrected chi connectivity index (χ0v) is 12.7. The molecule has 0 heterocycles. The Morgan fingerprint density at radius 3 is 1.37 bits per heavy atom. The topological polar surface area (TPSA) is 80.9 Å². The van der Waals surface area contributed by atoms with Gasteiger partial charge in [-0.3, -0.25) is 0 Å². The lowest BCUT2D eigenvalue weighted by molar-refractivity contribution is 0.0860. The molecule has 2 atom stereocenters. The van der Waals surface area contributed by atoms with Crippen LogP contribution >= 0.6 is 0 Å². The summed E-state index contributed by atoms with van der Waals surface area (Å²) in [5.74, 6) is 0. The molecule has 0 aliphatic rings. The van der Waals surface area contributed by atoms with Gasteiger partial charge in [0.25, 0.3) is 0 Å². The number of aliphatic hydroxyl groups is 4. The summed E-state index contributed by atoms with van der Waals surface area (Å²) in [6.07, 6.45) is 8.51. The number of hydrogen-bond acceptors (Lipinski definition) is 4. The minimum Gasteiger partial charge on any atom is -0.394 e. The van der Waals surface area contributed by atoms with Gasteiger partial charge in [0.1, 0.15) is 0 Å². The maximum Gasteiger partial charge on any atom is 0.0770 e. The quantitative estimate of drug-likeness (QED) is 0.437. The van der Waals surface area contributed by atoms with Crippen molar-refractivity contribution in [3.63, 3.8) is 0 Å². The van der Waals surface area contributed by atoms with Crippen LogP contribution in [0.25, 0.3) is 0 Å². The monoisotopic (exact) mass is 278 g/mol. The molecule has 0 aromatic rings. The standard InChI is InChI=1S/C8H18O2.C7H16O2/c1-2-3-4-5-6-8(10)7-9;1-2-3-4-5-7(9)6-8/h8-10H,2-7H2,1H3;7-9H,2-6H2,1H3. The highest BCUT2D eigenvalue weighted by Gasteiger charge is 1.99. The Bertz CT molecular complexity index is 153. The minimum atomic E-state index is -0.489. The van der Waals surface area contributed by atoms with E-state index in [1.165, 1.54) is 19.3 Å². The third kappa shape index (κ3) is 20.3. The lowest BCUT2D eigenvalue weighted by Gasteiger charge is -2.04. The lowest BCUT2D eigenvalue weighted by Crippen LogP contribution is -2.10. The van der Waals surface area contributed by atoms with Gasteiger partial charge >= 0.3 is 0 Å². The van der Waals surface area contributed by atoms with Crippen molar-refractivity contribution in [2.75, 3.05) is 13.2 Å². The lowest BCUT2D eigenvalue weighted by atomic mass is 10.1. The highest BCUT2D eigenvalue weighted by Crippen LogP contribution is 2.04. The van der Waals surface area contributed by atoms with Crippen LogP contribution in [0.1, 0.15) is 71.6 Å². The summed E-state index contributed by atoms with van der Waals surface area (Å²) in [4.78, 5) is 0. The van der Waals surface area contributed by atoms with Gasteiger partial charge in [-0.05, 0) is 12.8 Å². The first-order chi connectivity index (χ1) is 9.12. The predicted molar refractivity (Wildman–Crippen MR) is 79.1 cm³/mol. The van der Waals surface area contributed by atoms with Gasteiger partial charge < -0.3 is 20.4 Å². The summed E-state index contributed by atoms with van der Waals surface area (Å²) in [5, 5.41) is 34.6. The van der Waals surface area contributed by atoms with E-state index in [9.17, 15) is 0 Å². The molecule has 0 aliphatic heterocycles. The molecule has 0 radical (unpaired) electrons. The Morgan fingerprint density at radius 1 is 0.632 bits per heavy atom. The number of hydrogen-bond donors (Lipinski definition) is 4. The van der Waals surface area contributed by atoms with Crippen LogP contribution in [0.5, 0.6) is 0 Å². The van der Waals surface area contributed by atoms with Gasteiger partial charge in [-0.2, -0.15) is 0 Å². The average molecular weight is 278 g/mol. The Labute approximate surface area is 118 Å². The van der Waals surface area contributed by atoms with Gasteiger partial charge in [-0.1, -0.05) is 58.8 Å². The molecule has 0 saturated heterocycles. The first-order valence-corrected chi connectivity index (χ1v) is 7.70. The van der Waals surface area contributed by atoms with Crippen LogP contribution in [0.2, 0.25) is 0 Å². The molecule has 4 nitrogen and oxygen atoms in total. The highest BCUT2D eigenvalue weighted by molar-refractivity contribution is 4.52. The molecule has 4 N–H and O–H groups in total. The molecule has 118 valence electrons. The van der Waals surface area contributed by atoms with Crippen LogP contribution in [0.4, 0.5) is 0 Å². The highest BCUT2D eigenvalue weighted by atomic mass is 16.3. The largest absolute Gasteiger partial charge is 0.394 e. The number of unbranched alkanes of at least 4 members (excludes halogenated alkanes) is 5. The van der Waals surface area contributed by atoms with Gasteiger partial charge in [0.05, 0.1) is 25.4 Å². The molecule has 4 heteroatoms. The molecule has 0 aromatic carbocycles. The van der Waals surface area contributed by atoms with Crippen molar-refractivity contribution in [3.05, 3.63) is 0 Å². The second kappa shape index (κ2) is 17.8. The summed E-state index contributed by atoms with van der Waals surface area (Å²) >= 11 is 0. The summed E-state index contributed by atoms with van der Waals surface area (Å²) in [6, 6.07) is 0. The van der Waals surface area contributed by atoms with Gasteiger partial charge in [-0.25, -0.2) is 0 Å². The SMILES string of the molecule is CCCCCC(O)CO.CCCCCCC(O)CO. The van der Waals surface area contributed by atoms with Crippen LogP contribution < -0.4 is 0 Å². The van der Waals surface area contributed by atoms with Crippen LogP contribution in [0, 0.1) is 0 Å². The van der Waals surface area contributed by atoms with Crippen molar-refractivity contribution in [3.8, 4) is 0 Å². The third-order valence-electron chi connectivity index (χ3n) is 2.95. The van der Waals surface area contributed by atoms with E-state index in [1.807, 2.05) is 0 Å². The van der Waals surface area contributed by atoms with E-state index in [-0.39, 0.29) is 13.2 Å². The molecule has 2 unspecified atom stereocenters. The minimum absolute atomic E-state index is 0.0911. The van der Waals surface area contributed by atoms with Crippen LogP contribution in [0.15, 0.2) is 0 Å². The molecular formula is C15H34O4. The fraction of sp³-hybridized carbons (Fsp3) is 1.00. The third-order valence-corrected chi connectivity index (χ3v) is 2.95. The molecule has 0 fully saturated rings. The second-order valence-corrected chi connectivity index (χ2v) is 5.02. The molecular weight excluding hydrogens is 244 g/mol. The molecule has 0 amide bonds. The fourth-order valence-corrected chi connectivity index (χ4v) is 1.62. The van der Waals surface area contributed by atoms with E-state index in [1.54, 1.807) is 0 Å². The summed E-state index contributed by atoms with van der Waals surface area (Å²) in [5.41, 5.74) is 0. The van der Waals surface area contributed by atoms with Crippen molar-refractivity contribution >= 4 is 0 Å². The first kappa shape index (κ1) is 21.1. The Kier molecular flexibility index (Phi) is 19.9. The fourth-order valence-electron chi connectivity index (χ4n) is 1.62. The van der Waals surface area contributed by atoms with Gasteiger partial charge in [-0.15, -0.1) is 0 Å². The maximum atomic E-state index is 8.91. The van der Waals surface area contributed by atoms with E-state index in [0.717, 1.165) is 38.5 Å². The zero-order chi connectivity index (χ0) is 14.9. The number of rotatable bonds is 11. The van der Waals surface area contributed by atoms with Crippen molar-refractivity contribution in [1.82, 2.24) is 0 Å². The molecule has 19 heavy (non-hydrogen) atoms. The van der Waals surface area contributed by atoms with E-state index in [0.29, 0.717) is 0 Å². The van der Waals surface area contributed by atoms with Crippen molar-refractivity contribution in [1.29, 1.82) is 0 Å². The molecule has 0 spiro atoms. The summed E-state index contributed by atoms with van der Waals surface area (Å²) in [7, 11) is 0. The average Bonchev–Trinajstić information content (AvgIpc) is 2.44. The van der Waals surface area contributed by atoms with Gasteiger partial charge in [0, 0.05) is 0 Å². The van der Waals surface area contributed by atoms with Crippen molar-refractivity contribution in [2.45, 2.75) is 83.8 Å². The van der Waals surface area contributed by atoms with Crippen LogP contribution in [-0.2, 0) is 0 Å². The van der Waals surface area contributed by atoms with E-state index >= 15 is 0 Å². The molecule has 0 saturated carbocycles. The van der Waals surface area contributed by atoms with Crippen molar-refractivity contribution in [2.24, 2.45) is 0 Å². The summed E-state index contributed by atoms with van der Waals surface area (Å²) < 4.78 is 0. The Hall–Kier alpha value is -0.160. The first-order valence-electron chi connectivity index (χ1n) is 7.70. The zero-order valence-electron chi connectivity index (χ0n) is 12.7. The van der Waals surface area contributed by atoms with Gasteiger partial charge in [0.2, 0.25) is 0 Å². The maximum absolute atomic E-state index is 8.91.